The monoisotopic (exact) mass is 482 g/mol. The summed E-state index contributed by atoms with van der Waals surface area (Å²) in [5.74, 6) is 1.96. The van der Waals surface area contributed by atoms with Crippen molar-refractivity contribution < 1.29 is 0 Å². The number of halogens is 1. The average Bonchev–Trinajstić information content (AvgIpc) is 3.04. The molecule has 0 aliphatic carbocycles. The van der Waals surface area contributed by atoms with E-state index >= 15 is 0 Å². The minimum absolute atomic E-state index is 0.790. The van der Waals surface area contributed by atoms with Crippen molar-refractivity contribution in [3.05, 3.63) is 12.1 Å². The van der Waals surface area contributed by atoms with Gasteiger partial charge in [-0.2, -0.15) is 0 Å². The van der Waals surface area contributed by atoms with Crippen LogP contribution in [0.25, 0.3) is 0 Å². The maximum absolute atomic E-state index is 5.82. The first-order chi connectivity index (χ1) is 11.2. The van der Waals surface area contributed by atoms with Gasteiger partial charge in [-0.3, -0.25) is 0 Å². The Labute approximate surface area is 162 Å². The van der Waals surface area contributed by atoms with Crippen molar-refractivity contribution in [2.75, 3.05) is 11.6 Å². The molecule has 0 saturated carbocycles. The van der Waals surface area contributed by atoms with Gasteiger partial charge in [0.15, 0.2) is 0 Å². The number of unbranched alkanes of at least 4 members (excludes halogenated alkanes) is 3. The van der Waals surface area contributed by atoms with Gasteiger partial charge in [-0.05, 0) is 0 Å². The molecule has 1 rings (SSSR count). The Kier molecular flexibility index (Phi) is 12.9. The van der Waals surface area contributed by atoms with Gasteiger partial charge in [0, 0.05) is 0 Å². The molecule has 0 amide bonds. The third-order valence-electron chi connectivity index (χ3n) is 4.65. The summed E-state index contributed by atoms with van der Waals surface area (Å²) in [5.41, 5.74) is 0. The van der Waals surface area contributed by atoms with Gasteiger partial charge in [-0.15, -0.1) is 0 Å². The van der Waals surface area contributed by atoms with Crippen LogP contribution in [-0.2, 0) is 0 Å². The summed E-state index contributed by atoms with van der Waals surface area (Å²) in [6.45, 7) is 7.08. The van der Waals surface area contributed by atoms with Gasteiger partial charge < -0.3 is 0 Å². The third kappa shape index (κ3) is 7.92. The fraction of sp³-hybridized carbons (Fsp3) is 0.789. The fourth-order valence-electron chi connectivity index (χ4n) is 3.20. The van der Waals surface area contributed by atoms with Crippen LogP contribution in [-0.4, -0.2) is 30.0 Å². The molecule has 0 aliphatic heterocycles. The summed E-state index contributed by atoms with van der Waals surface area (Å²) in [6, 6.07) is 4.94. The SMILES string of the molecule is CCC[CH2][Sn]([CH2]CCC)([CH2]CCC)[c]1ccc(SCCCCl)s1. The molecular weight excluding hydrogens is 447 g/mol. The molecule has 23 heavy (non-hydrogen) atoms. The Morgan fingerprint density at radius 3 is 1.96 bits per heavy atom. The molecule has 1 aromatic rings. The van der Waals surface area contributed by atoms with Crippen molar-refractivity contribution in [3.63, 3.8) is 0 Å². The molecular formula is C19H35ClS2Sn. The molecule has 0 bridgehead atoms. The Balaban J connectivity index is 2.89. The van der Waals surface area contributed by atoms with E-state index in [4.69, 9.17) is 11.6 Å². The second kappa shape index (κ2) is 13.4. The zero-order valence-corrected chi connectivity index (χ0v) is 20.6. The van der Waals surface area contributed by atoms with Crippen LogP contribution in [0.3, 0.4) is 0 Å². The summed E-state index contributed by atoms with van der Waals surface area (Å²) in [7, 11) is 0. The maximum atomic E-state index is 5.82. The first-order valence-electron chi connectivity index (χ1n) is 9.51. The molecule has 0 fully saturated rings. The molecule has 0 radical (unpaired) electrons. The van der Waals surface area contributed by atoms with Crippen molar-refractivity contribution in [1.82, 2.24) is 0 Å². The molecule has 0 spiro atoms. The standard InChI is InChI=1S/C7H8ClS2.3C4H9.Sn/c8-4-2-6-10-7-3-1-5-9-7;3*1-3-4-2;/h1,3H,2,4,6H2;3*1,3-4H2,2H3;. The Morgan fingerprint density at radius 2 is 1.48 bits per heavy atom. The average molecular weight is 482 g/mol. The van der Waals surface area contributed by atoms with Crippen molar-refractivity contribution in [2.45, 2.75) is 83.2 Å². The van der Waals surface area contributed by atoms with E-state index in [1.807, 2.05) is 14.7 Å². The third-order valence-corrected chi connectivity index (χ3v) is 25.6. The van der Waals surface area contributed by atoms with Crippen LogP contribution in [0.1, 0.15) is 65.7 Å². The van der Waals surface area contributed by atoms with Gasteiger partial charge in [-0.25, -0.2) is 0 Å². The molecule has 0 nitrogen and oxygen atoms in total. The predicted octanol–water partition coefficient (Wildman–Crippen LogP) is 7.53. The van der Waals surface area contributed by atoms with E-state index in [0.29, 0.717) is 0 Å². The minimum atomic E-state index is -2.17. The normalized spacial score (nSPS) is 12.0. The molecule has 0 N–H and O–H groups in total. The zero-order chi connectivity index (χ0) is 17.0. The molecule has 0 atom stereocenters. The van der Waals surface area contributed by atoms with Gasteiger partial charge in [0.05, 0.1) is 0 Å². The second-order valence-corrected chi connectivity index (χ2v) is 23.6. The van der Waals surface area contributed by atoms with Crippen molar-refractivity contribution in [2.24, 2.45) is 0 Å². The zero-order valence-electron chi connectivity index (χ0n) is 15.3. The Hall–Kier alpha value is 1.14. The van der Waals surface area contributed by atoms with E-state index in [9.17, 15) is 0 Å². The molecule has 0 unspecified atom stereocenters. The van der Waals surface area contributed by atoms with E-state index in [0.717, 1.165) is 12.3 Å². The van der Waals surface area contributed by atoms with Gasteiger partial charge in [0.1, 0.15) is 0 Å². The Morgan fingerprint density at radius 1 is 0.913 bits per heavy atom. The predicted molar refractivity (Wildman–Crippen MR) is 115 cm³/mol. The Bertz CT molecular complexity index is 384. The van der Waals surface area contributed by atoms with Crippen molar-refractivity contribution in [3.8, 4) is 0 Å². The van der Waals surface area contributed by atoms with Crippen LogP contribution in [0.5, 0.6) is 0 Å². The summed E-state index contributed by atoms with van der Waals surface area (Å²) in [6.07, 6.45) is 9.57. The molecule has 134 valence electrons. The molecule has 1 aromatic heterocycles. The number of alkyl halides is 1. The summed E-state index contributed by atoms with van der Waals surface area (Å²) < 4.78 is 8.14. The van der Waals surface area contributed by atoms with Crippen LogP contribution < -0.4 is 2.89 Å². The van der Waals surface area contributed by atoms with E-state index in [2.05, 4.69) is 44.2 Å². The van der Waals surface area contributed by atoms with Crippen LogP contribution >= 0.6 is 34.7 Å². The first-order valence-corrected chi connectivity index (χ1v) is 19.3. The fourth-order valence-corrected chi connectivity index (χ4v) is 25.4. The van der Waals surface area contributed by atoms with E-state index in [1.165, 1.54) is 48.5 Å². The van der Waals surface area contributed by atoms with Crippen LogP contribution in [0, 0.1) is 0 Å². The van der Waals surface area contributed by atoms with E-state index < -0.39 is 18.4 Å². The molecule has 0 aromatic carbocycles. The quantitative estimate of drug-likeness (QED) is 0.115. The first kappa shape index (κ1) is 22.2. The second-order valence-electron chi connectivity index (χ2n) is 6.60. The molecule has 1 heterocycles. The molecule has 0 aliphatic rings. The van der Waals surface area contributed by atoms with E-state index in [-0.39, 0.29) is 0 Å². The number of hydrogen-bond acceptors (Lipinski definition) is 2. The van der Waals surface area contributed by atoms with Crippen LogP contribution in [0.15, 0.2) is 16.3 Å². The summed E-state index contributed by atoms with van der Waals surface area (Å²) in [5, 5.41) is 0. The molecule has 0 saturated heterocycles. The van der Waals surface area contributed by atoms with Gasteiger partial charge in [0.2, 0.25) is 0 Å². The topological polar surface area (TPSA) is 0 Å². The van der Waals surface area contributed by atoms with Crippen LogP contribution in [0.2, 0.25) is 13.3 Å². The van der Waals surface area contributed by atoms with Gasteiger partial charge >= 0.3 is 163 Å². The molecule has 4 heteroatoms. The summed E-state index contributed by atoms with van der Waals surface area (Å²) >= 11 is 7.83. The number of thiophene rings is 1. The van der Waals surface area contributed by atoms with Crippen molar-refractivity contribution >= 4 is 56.0 Å². The summed E-state index contributed by atoms with van der Waals surface area (Å²) in [4.78, 5) is 0. The van der Waals surface area contributed by atoms with E-state index in [1.54, 1.807) is 13.3 Å². The van der Waals surface area contributed by atoms with Gasteiger partial charge in [-0.1, -0.05) is 0 Å². The van der Waals surface area contributed by atoms with Gasteiger partial charge in [0.25, 0.3) is 0 Å². The van der Waals surface area contributed by atoms with Crippen molar-refractivity contribution in [1.29, 1.82) is 0 Å². The number of hydrogen-bond donors (Lipinski definition) is 0. The number of thioether (sulfide) groups is 1. The number of rotatable bonds is 14. The van der Waals surface area contributed by atoms with Crippen LogP contribution in [0.4, 0.5) is 0 Å².